The maximum atomic E-state index is 12.6. The highest BCUT2D eigenvalue weighted by atomic mass is 35.5. The normalized spacial score (nSPS) is 23.9. The van der Waals surface area contributed by atoms with Crippen LogP contribution >= 0.6 is 23.2 Å². The number of hydrogen-bond acceptors (Lipinski definition) is 4. The maximum absolute atomic E-state index is 12.6. The predicted octanol–water partition coefficient (Wildman–Crippen LogP) is 3.80. The van der Waals surface area contributed by atoms with E-state index in [1.54, 1.807) is 12.1 Å². The summed E-state index contributed by atoms with van der Waals surface area (Å²) in [6.45, 7) is 4.46. The van der Waals surface area contributed by atoms with E-state index in [-0.39, 0.29) is 11.4 Å². The van der Waals surface area contributed by atoms with Crippen LogP contribution in [-0.4, -0.2) is 55.0 Å². The summed E-state index contributed by atoms with van der Waals surface area (Å²) in [7, 11) is 0. The molecule has 0 unspecified atom stereocenters. The van der Waals surface area contributed by atoms with Gasteiger partial charge in [-0.05, 0) is 56.5 Å². The average molecular weight is 427 g/mol. The molecule has 0 bridgehead atoms. The van der Waals surface area contributed by atoms with Crippen LogP contribution in [0.2, 0.25) is 10.0 Å². The van der Waals surface area contributed by atoms with E-state index in [0.29, 0.717) is 23.0 Å². The van der Waals surface area contributed by atoms with Crippen molar-refractivity contribution in [2.24, 2.45) is 0 Å². The van der Waals surface area contributed by atoms with E-state index in [1.165, 1.54) is 6.42 Å². The van der Waals surface area contributed by atoms with E-state index in [9.17, 15) is 4.79 Å². The predicted molar refractivity (Wildman–Crippen MR) is 110 cm³/mol. The Morgan fingerprint density at radius 1 is 1.04 bits per heavy atom. The lowest BCUT2D eigenvalue weighted by Crippen LogP contribution is -2.64. The van der Waals surface area contributed by atoms with Gasteiger partial charge < -0.3 is 14.8 Å². The van der Waals surface area contributed by atoms with E-state index in [2.05, 4.69) is 10.2 Å². The van der Waals surface area contributed by atoms with E-state index in [1.807, 2.05) is 6.07 Å². The third-order valence-corrected chi connectivity index (χ3v) is 7.19. The summed E-state index contributed by atoms with van der Waals surface area (Å²) in [4.78, 5) is 15.1. The van der Waals surface area contributed by atoms with E-state index in [0.717, 1.165) is 64.0 Å². The highest BCUT2D eigenvalue weighted by molar-refractivity contribution is 6.42. The van der Waals surface area contributed by atoms with Crippen LogP contribution in [0.25, 0.3) is 0 Å². The van der Waals surface area contributed by atoms with Crippen molar-refractivity contribution in [2.45, 2.75) is 56.3 Å². The van der Waals surface area contributed by atoms with Gasteiger partial charge in [0.25, 0.3) is 0 Å². The van der Waals surface area contributed by atoms with Crippen molar-refractivity contribution in [3.63, 3.8) is 0 Å². The maximum Gasteiger partial charge on any atom is 0.224 e. The summed E-state index contributed by atoms with van der Waals surface area (Å²) in [6.07, 6.45) is 6.28. The molecule has 2 heterocycles. The van der Waals surface area contributed by atoms with Gasteiger partial charge in [-0.1, -0.05) is 29.3 Å². The Balaban J connectivity index is 1.36. The monoisotopic (exact) mass is 426 g/mol. The number of halogens is 2. The van der Waals surface area contributed by atoms with Crippen molar-refractivity contribution in [2.75, 3.05) is 32.8 Å². The molecule has 28 heavy (non-hydrogen) atoms. The number of benzene rings is 1. The van der Waals surface area contributed by atoms with Gasteiger partial charge in [-0.2, -0.15) is 0 Å². The Morgan fingerprint density at radius 3 is 2.36 bits per heavy atom. The van der Waals surface area contributed by atoms with Gasteiger partial charge in [0.05, 0.1) is 29.7 Å². The Hall–Kier alpha value is -0.850. The second-order valence-electron chi connectivity index (χ2n) is 8.23. The zero-order valence-electron chi connectivity index (χ0n) is 16.1. The molecule has 7 heteroatoms. The lowest BCUT2D eigenvalue weighted by Gasteiger charge is -2.54. The van der Waals surface area contributed by atoms with Gasteiger partial charge in [0, 0.05) is 24.9 Å². The molecule has 1 aromatic rings. The number of amides is 1. The number of likely N-dealkylation sites (tertiary alicyclic amines) is 1. The lowest BCUT2D eigenvalue weighted by atomic mass is 9.75. The largest absolute Gasteiger partial charge is 0.354 e. The minimum absolute atomic E-state index is 0.0148. The molecule has 1 aliphatic carbocycles. The third-order valence-electron chi connectivity index (χ3n) is 6.45. The van der Waals surface area contributed by atoms with Crippen LogP contribution in [0.3, 0.4) is 0 Å². The summed E-state index contributed by atoms with van der Waals surface area (Å²) in [5.74, 6) is -0.375. The van der Waals surface area contributed by atoms with Gasteiger partial charge in [-0.15, -0.1) is 0 Å². The quantitative estimate of drug-likeness (QED) is 0.777. The van der Waals surface area contributed by atoms with Gasteiger partial charge in [0.1, 0.15) is 0 Å². The topological polar surface area (TPSA) is 50.8 Å². The molecule has 0 radical (unpaired) electrons. The Labute approximate surface area is 176 Å². The smallest absolute Gasteiger partial charge is 0.224 e. The number of rotatable bonds is 5. The van der Waals surface area contributed by atoms with Crippen molar-refractivity contribution >= 4 is 29.1 Å². The fourth-order valence-electron chi connectivity index (χ4n) is 4.56. The van der Waals surface area contributed by atoms with Gasteiger partial charge in [-0.25, -0.2) is 0 Å². The van der Waals surface area contributed by atoms with Gasteiger partial charge >= 0.3 is 0 Å². The number of nitrogens with zero attached hydrogens (tertiary/aromatic N) is 1. The summed E-state index contributed by atoms with van der Waals surface area (Å²) >= 11 is 12.0. The zero-order chi connectivity index (χ0) is 19.6. The highest BCUT2D eigenvalue weighted by Crippen LogP contribution is 2.43. The molecule has 3 fully saturated rings. The lowest BCUT2D eigenvalue weighted by molar-refractivity contribution is -0.289. The van der Waals surface area contributed by atoms with Crippen molar-refractivity contribution in [1.82, 2.24) is 10.2 Å². The van der Waals surface area contributed by atoms with Crippen LogP contribution in [0, 0.1) is 0 Å². The van der Waals surface area contributed by atoms with Gasteiger partial charge in [0.15, 0.2) is 5.79 Å². The number of hydrogen-bond donors (Lipinski definition) is 1. The first-order chi connectivity index (χ1) is 13.5. The van der Waals surface area contributed by atoms with Crippen molar-refractivity contribution < 1.29 is 14.3 Å². The van der Waals surface area contributed by atoms with Crippen molar-refractivity contribution in [1.29, 1.82) is 0 Å². The standard InChI is InChI=1S/C21H28Cl2N2O3/c22-17-4-3-16(13-18(17)23)14-19(26)24-15-20(25-9-1-10-25)5-7-21(8-6-20)27-11-2-12-28-21/h3-4,13H,1-2,5-12,14-15H2,(H,24,26). The fraction of sp³-hybridized carbons (Fsp3) is 0.667. The second-order valence-corrected chi connectivity index (χ2v) is 9.04. The molecule has 0 atom stereocenters. The molecular formula is C21H28Cl2N2O3. The van der Waals surface area contributed by atoms with E-state index < -0.39 is 5.79 Å². The van der Waals surface area contributed by atoms with Crippen LogP contribution in [0.4, 0.5) is 0 Å². The Kier molecular flexibility index (Phi) is 6.19. The first-order valence-electron chi connectivity index (χ1n) is 10.2. The Bertz CT molecular complexity index is 708. The molecule has 1 spiro atoms. The highest BCUT2D eigenvalue weighted by Gasteiger charge is 2.49. The summed E-state index contributed by atoms with van der Waals surface area (Å²) < 4.78 is 12.0. The molecule has 1 saturated carbocycles. The van der Waals surface area contributed by atoms with Crippen molar-refractivity contribution in [3.8, 4) is 0 Å². The SMILES string of the molecule is O=C(Cc1ccc(Cl)c(Cl)c1)NCC1(N2CCC2)CCC2(CC1)OCCCO2. The summed E-state index contributed by atoms with van der Waals surface area (Å²) in [6, 6.07) is 5.34. The van der Waals surface area contributed by atoms with Gasteiger partial charge in [-0.3, -0.25) is 9.69 Å². The van der Waals surface area contributed by atoms with Crippen LogP contribution in [0.1, 0.15) is 44.1 Å². The average Bonchev–Trinajstić information content (AvgIpc) is 2.65. The van der Waals surface area contributed by atoms with Crippen molar-refractivity contribution in [3.05, 3.63) is 33.8 Å². The molecule has 3 aliphatic rings. The third kappa shape index (κ3) is 4.34. The Morgan fingerprint density at radius 2 is 1.75 bits per heavy atom. The first-order valence-corrected chi connectivity index (χ1v) is 11.0. The molecule has 5 nitrogen and oxygen atoms in total. The van der Waals surface area contributed by atoms with Crippen LogP contribution in [-0.2, 0) is 20.7 Å². The second kappa shape index (κ2) is 8.49. The molecule has 0 aromatic heterocycles. The number of carbonyl (C=O) groups excluding carboxylic acids is 1. The minimum atomic E-state index is -0.392. The molecule has 1 aromatic carbocycles. The molecule has 154 valence electrons. The molecule has 2 saturated heterocycles. The number of carbonyl (C=O) groups is 1. The first kappa shape index (κ1) is 20.4. The summed E-state index contributed by atoms with van der Waals surface area (Å²) in [5, 5.41) is 4.16. The van der Waals surface area contributed by atoms with Gasteiger partial charge in [0.2, 0.25) is 5.91 Å². The summed E-state index contributed by atoms with van der Waals surface area (Å²) in [5.41, 5.74) is 0.887. The minimum Gasteiger partial charge on any atom is -0.354 e. The molecule has 2 aliphatic heterocycles. The van der Waals surface area contributed by atoms with Crippen LogP contribution < -0.4 is 5.32 Å². The molecule has 4 rings (SSSR count). The number of nitrogens with one attached hydrogen (secondary N) is 1. The molecule has 1 N–H and O–H groups in total. The van der Waals surface area contributed by atoms with E-state index >= 15 is 0 Å². The fourth-order valence-corrected chi connectivity index (χ4v) is 4.88. The molecular weight excluding hydrogens is 399 g/mol. The number of ether oxygens (including phenoxy) is 2. The zero-order valence-corrected chi connectivity index (χ0v) is 17.7. The van der Waals surface area contributed by atoms with E-state index in [4.69, 9.17) is 32.7 Å². The molecule has 1 amide bonds. The van der Waals surface area contributed by atoms with Crippen LogP contribution in [0.15, 0.2) is 18.2 Å². The van der Waals surface area contributed by atoms with Crippen LogP contribution in [0.5, 0.6) is 0 Å².